The molecule has 2 aliphatic rings. The van der Waals surface area contributed by atoms with Crippen LogP contribution < -0.4 is 10.6 Å². The van der Waals surface area contributed by atoms with Gasteiger partial charge in [0.05, 0.1) is 0 Å². The maximum Gasteiger partial charge on any atom is 0.166 e. The number of hydrogen-bond acceptors (Lipinski definition) is 2. The first-order valence-electron chi connectivity index (χ1n) is 5.02. The molecule has 1 atom stereocenters. The fourth-order valence-electron chi connectivity index (χ4n) is 1.93. The first-order chi connectivity index (χ1) is 6.29. The lowest BCUT2D eigenvalue weighted by atomic mass is 10.3. The van der Waals surface area contributed by atoms with Gasteiger partial charge in [-0.05, 0) is 31.5 Å². The highest BCUT2D eigenvalue weighted by Crippen LogP contribution is 2.29. The van der Waals surface area contributed by atoms with E-state index in [0.717, 1.165) is 11.2 Å². The van der Waals surface area contributed by atoms with E-state index in [1.54, 1.807) is 0 Å². The van der Waals surface area contributed by atoms with Gasteiger partial charge < -0.3 is 10.6 Å². The minimum absolute atomic E-state index is 0.570. The second-order valence-electron chi connectivity index (χ2n) is 3.94. The van der Waals surface area contributed by atoms with Crippen molar-refractivity contribution in [3.05, 3.63) is 0 Å². The Morgan fingerprint density at radius 1 is 1.38 bits per heavy atom. The zero-order valence-corrected chi connectivity index (χ0v) is 8.86. The summed E-state index contributed by atoms with van der Waals surface area (Å²) in [6, 6.07) is 1.47. The van der Waals surface area contributed by atoms with Crippen LogP contribution in [-0.2, 0) is 0 Å². The van der Waals surface area contributed by atoms with Crippen molar-refractivity contribution in [1.29, 1.82) is 0 Å². The molecule has 2 rings (SSSR count). The molecule has 0 radical (unpaired) electrons. The fourth-order valence-corrected chi connectivity index (χ4v) is 2.10. The predicted octanol–water partition coefficient (Wildman–Crippen LogP) is 0.317. The van der Waals surface area contributed by atoms with Gasteiger partial charge in [-0.3, -0.25) is 4.90 Å². The predicted molar refractivity (Wildman–Crippen MR) is 57.8 cm³/mol. The number of likely N-dealkylation sites (tertiary alicyclic amines) is 1. The summed E-state index contributed by atoms with van der Waals surface area (Å²) in [5.41, 5.74) is 0. The van der Waals surface area contributed by atoms with Gasteiger partial charge in [0.1, 0.15) is 0 Å². The summed E-state index contributed by atoms with van der Waals surface area (Å²) in [5, 5.41) is 7.05. The molecule has 0 spiro atoms. The van der Waals surface area contributed by atoms with Gasteiger partial charge in [0.15, 0.2) is 5.11 Å². The molecule has 0 amide bonds. The van der Waals surface area contributed by atoms with Crippen molar-refractivity contribution >= 4 is 17.3 Å². The molecule has 0 aromatic carbocycles. The van der Waals surface area contributed by atoms with Crippen molar-refractivity contribution in [2.45, 2.75) is 31.3 Å². The Bertz CT molecular complexity index is 203. The van der Waals surface area contributed by atoms with Crippen LogP contribution in [0.5, 0.6) is 0 Å². The first-order valence-corrected chi connectivity index (χ1v) is 5.42. The van der Waals surface area contributed by atoms with Crippen molar-refractivity contribution < 1.29 is 0 Å². The van der Waals surface area contributed by atoms with Crippen LogP contribution in [0.15, 0.2) is 0 Å². The van der Waals surface area contributed by atoms with Gasteiger partial charge in [0.25, 0.3) is 0 Å². The minimum atomic E-state index is 0.570. The van der Waals surface area contributed by atoms with Crippen LogP contribution >= 0.6 is 12.2 Å². The normalized spacial score (nSPS) is 28.8. The molecule has 1 saturated carbocycles. The van der Waals surface area contributed by atoms with Gasteiger partial charge in [-0.2, -0.15) is 0 Å². The average molecular weight is 199 g/mol. The standard InChI is InChI=1S/C9H17N3S/c1-10-9(13)11-7-4-5-12(6-7)8-2-3-8/h7-8H,2-6H2,1H3,(H2,10,11,13). The van der Waals surface area contributed by atoms with E-state index in [2.05, 4.69) is 15.5 Å². The number of rotatable bonds is 2. The van der Waals surface area contributed by atoms with Crippen molar-refractivity contribution in [3.63, 3.8) is 0 Å². The van der Waals surface area contributed by atoms with E-state index in [9.17, 15) is 0 Å². The average Bonchev–Trinajstić information content (AvgIpc) is 2.88. The highest BCUT2D eigenvalue weighted by molar-refractivity contribution is 7.80. The quantitative estimate of drug-likeness (QED) is 0.626. The van der Waals surface area contributed by atoms with Crippen molar-refractivity contribution in [2.75, 3.05) is 20.1 Å². The van der Waals surface area contributed by atoms with Gasteiger partial charge in [0.2, 0.25) is 0 Å². The summed E-state index contributed by atoms with van der Waals surface area (Å²) in [7, 11) is 1.86. The Labute approximate surface area is 84.9 Å². The lowest BCUT2D eigenvalue weighted by Gasteiger charge is -2.16. The van der Waals surface area contributed by atoms with Gasteiger partial charge in [-0.1, -0.05) is 0 Å². The minimum Gasteiger partial charge on any atom is -0.366 e. The van der Waals surface area contributed by atoms with E-state index < -0.39 is 0 Å². The second kappa shape index (κ2) is 3.80. The van der Waals surface area contributed by atoms with Gasteiger partial charge in [0, 0.05) is 32.2 Å². The zero-order valence-electron chi connectivity index (χ0n) is 8.05. The molecule has 2 fully saturated rings. The first kappa shape index (κ1) is 9.21. The lowest BCUT2D eigenvalue weighted by molar-refractivity contribution is 0.322. The van der Waals surface area contributed by atoms with E-state index in [-0.39, 0.29) is 0 Å². The Morgan fingerprint density at radius 3 is 2.77 bits per heavy atom. The van der Waals surface area contributed by atoms with E-state index in [1.165, 1.54) is 32.4 Å². The van der Waals surface area contributed by atoms with Crippen LogP contribution in [0, 0.1) is 0 Å². The number of thiocarbonyl (C=S) groups is 1. The molecule has 13 heavy (non-hydrogen) atoms. The maximum atomic E-state index is 5.07. The molecule has 0 aromatic rings. The van der Waals surface area contributed by atoms with Gasteiger partial charge in [-0.25, -0.2) is 0 Å². The molecule has 1 unspecified atom stereocenters. The summed E-state index contributed by atoms with van der Waals surface area (Å²) >= 11 is 5.07. The Balaban J connectivity index is 1.74. The third kappa shape index (κ3) is 2.31. The maximum absolute atomic E-state index is 5.07. The van der Waals surface area contributed by atoms with Crippen LogP contribution in [0.25, 0.3) is 0 Å². The largest absolute Gasteiger partial charge is 0.366 e. The fraction of sp³-hybridized carbons (Fsp3) is 0.889. The van der Waals surface area contributed by atoms with Crippen LogP contribution in [0.4, 0.5) is 0 Å². The Morgan fingerprint density at radius 2 is 2.15 bits per heavy atom. The third-order valence-electron chi connectivity index (χ3n) is 2.85. The molecule has 3 nitrogen and oxygen atoms in total. The molecular weight excluding hydrogens is 182 g/mol. The van der Waals surface area contributed by atoms with Crippen molar-refractivity contribution in [1.82, 2.24) is 15.5 Å². The molecule has 0 bridgehead atoms. The highest BCUT2D eigenvalue weighted by atomic mass is 32.1. The van der Waals surface area contributed by atoms with E-state index in [4.69, 9.17) is 12.2 Å². The monoisotopic (exact) mass is 199 g/mol. The van der Waals surface area contributed by atoms with Crippen molar-refractivity contribution in [2.24, 2.45) is 0 Å². The zero-order chi connectivity index (χ0) is 9.26. The van der Waals surface area contributed by atoms with E-state index >= 15 is 0 Å². The summed E-state index contributed by atoms with van der Waals surface area (Å²) in [6.45, 7) is 2.42. The van der Waals surface area contributed by atoms with Crippen LogP contribution in [0.1, 0.15) is 19.3 Å². The molecule has 0 aromatic heterocycles. The summed E-state index contributed by atoms with van der Waals surface area (Å²) in [5.74, 6) is 0. The molecule has 1 saturated heterocycles. The van der Waals surface area contributed by atoms with E-state index in [1.807, 2.05) is 7.05 Å². The third-order valence-corrected chi connectivity index (χ3v) is 3.17. The summed E-state index contributed by atoms with van der Waals surface area (Å²) in [4.78, 5) is 2.58. The Kier molecular flexibility index (Phi) is 2.69. The SMILES string of the molecule is CNC(=S)NC1CCN(C2CC2)C1. The van der Waals surface area contributed by atoms with Gasteiger partial charge >= 0.3 is 0 Å². The lowest BCUT2D eigenvalue weighted by Crippen LogP contribution is -2.41. The number of nitrogens with one attached hydrogen (secondary N) is 2. The second-order valence-corrected chi connectivity index (χ2v) is 4.34. The van der Waals surface area contributed by atoms with Crippen LogP contribution in [-0.4, -0.2) is 42.2 Å². The summed E-state index contributed by atoms with van der Waals surface area (Å²) < 4.78 is 0. The molecular formula is C9H17N3S. The Hall–Kier alpha value is -0.350. The number of nitrogens with zero attached hydrogens (tertiary/aromatic N) is 1. The molecule has 1 aliphatic heterocycles. The smallest absolute Gasteiger partial charge is 0.166 e. The molecule has 74 valence electrons. The van der Waals surface area contributed by atoms with Gasteiger partial charge in [-0.15, -0.1) is 0 Å². The molecule has 4 heteroatoms. The van der Waals surface area contributed by atoms with E-state index in [0.29, 0.717) is 6.04 Å². The topological polar surface area (TPSA) is 27.3 Å². The van der Waals surface area contributed by atoms with Crippen LogP contribution in [0.2, 0.25) is 0 Å². The molecule has 1 aliphatic carbocycles. The molecule has 2 N–H and O–H groups in total. The van der Waals surface area contributed by atoms with Crippen LogP contribution in [0.3, 0.4) is 0 Å². The summed E-state index contributed by atoms with van der Waals surface area (Å²) in [6.07, 6.45) is 4.05. The van der Waals surface area contributed by atoms with Crippen molar-refractivity contribution in [3.8, 4) is 0 Å². The highest BCUT2D eigenvalue weighted by Gasteiger charge is 2.34. The molecule has 1 heterocycles. The number of hydrogen-bond donors (Lipinski definition) is 2.